The Kier molecular flexibility index (Phi) is 3.93. The third-order valence-corrected chi connectivity index (χ3v) is 3.73. The van der Waals surface area contributed by atoms with E-state index in [1.54, 1.807) is 36.9 Å². The van der Waals surface area contributed by atoms with Crippen LogP contribution in [0.5, 0.6) is 0 Å². The highest BCUT2D eigenvalue weighted by molar-refractivity contribution is 6.31. The van der Waals surface area contributed by atoms with Crippen LogP contribution in [-0.4, -0.2) is 26.7 Å². The van der Waals surface area contributed by atoms with E-state index in [2.05, 4.69) is 9.97 Å². The fourth-order valence-electron chi connectivity index (χ4n) is 2.53. The molecule has 1 N–H and O–H groups in total. The second kappa shape index (κ2) is 5.79. The fourth-order valence-corrected chi connectivity index (χ4v) is 2.68. The minimum Gasteiger partial charge on any atom is -0.465 e. The van der Waals surface area contributed by atoms with Crippen LogP contribution in [0.15, 0.2) is 41.3 Å². The molecular formula is C17H16ClN3O3. The van der Waals surface area contributed by atoms with Crippen molar-refractivity contribution in [1.29, 1.82) is 0 Å². The predicted molar refractivity (Wildman–Crippen MR) is 92.5 cm³/mol. The molecule has 0 aliphatic heterocycles. The van der Waals surface area contributed by atoms with Crippen molar-refractivity contribution in [1.82, 2.24) is 9.97 Å². The Bertz CT molecular complexity index is 915. The zero-order valence-corrected chi connectivity index (χ0v) is 14.2. The van der Waals surface area contributed by atoms with Gasteiger partial charge in [0.05, 0.1) is 5.02 Å². The quantitative estimate of drug-likeness (QED) is 0.719. The van der Waals surface area contributed by atoms with E-state index in [0.717, 1.165) is 11.1 Å². The Morgan fingerprint density at radius 1 is 1.29 bits per heavy atom. The summed E-state index contributed by atoms with van der Waals surface area (Å²) >= 11 is 5.92. The number of aromatic nitrogens is 2. The molecular weight excluding hydrogens is 330 g/mol. The highest BCUT2D eigenvalue weighted by Crippen LogP contribution is 2.32. The molecule has 0 spiro atoms. The third kappa shape index (κ3) is 2.92. The van der Waals surface area contributed by atoms with E-state index < -0.39 is 11.6 Å². The number of halogens is 1. The van der Waals surface area contributed by atoms with Crippen LogP contribution in [0.3, 0.4) is 0 Å². The van der Waals surface area contributed by atoms with Crippen LogP contribution < -0.4 is 4.90 Å². The lowest BCUT2D eigenvalue weighted by Gasteiger charge is -2.32. The molecule has 3 aromatic rings. The summed E-state index contributed by atoms with van der Waals surface area (Å²) in [5.74, 6) is 0.343. The lowest BCUT2D eigenvalue weighted by atomic mass is 10.1. The maximum absolute atomic E-state index is 11.6. The van der Waals surface area contributed by atoms with Crippen LogP contribution in [0, 0.1) is 0 Å². The molecule has 0 saturated heterocycles. The standard InChI is InChI=1S/C17H16ClN3O3/c1-17(2,3)21(16(22)23)14-6-10(4-5-19-14)12-9-24-13-7-11(18)8-20-15(12)13/h4-9H,1-3H3,(H,22,23). The topological polar surface area (TPSA) is 79.5 Å². The Morgan fingerprint density at radius 2 is 2.04 bits per heavy atom. The molecule has 3 rings (SSSR count). The molecule has 7 heteroatoms. The van der Waals surface area contributed by atoms with Crippen molar-refractivity contribution in [3.63, 3.8) is 0 Å². The Morgan fingerprint density at radius 3 is 2.71 bits per heavy atom. The normalized spacial score (nSPS) is 11.7. The molecule has 0 aliphatic rings. The molecule has 3 aromatic heterocycles. The van der Waals surface area contributed by atoms with Crippen molar-refractivity contribution in [2.45, 2.75) is 26.3 Å². The maximum Gasteiger partial charge on any atom is 0.413 e. The smallest absolute Gasteiger partial charge is 0.413 e. The molecule has 0 unspecified atom stereocenters. The van der Waals surface area contributed by atoms with E-state index in [1.165, 1.54) is 4.90 Å². The van der Waals surface area contributed by atoms with Crippen molar-refractivity contribution < 1.29 is 14.3 Å². The maximum atomic E-state index is 11.6. The molecule has 6 nitrogen and oxygen atoms in total. The van der Waals surface area contributed by atoms with Crippen molar-refractivity contribution in [3.05, 3.63) is 41.9 Å². The molecule has 0 radical (unpaired) electrons. The second-order valence-corrected chi connectivity index (χ2v) is 6.78. The molecule has 124 valence electrons. The monoisotopic (exact) mass is 345 g/mol. The van der Waals surface area contributed by atoms with E-state index >= 15 is 0 Å². The number of rotatable bonds is 2. The lowest BCUT2D eigenvalue weighted by molar-refractivity contribution is 0.195. The average molecular weight is 346 g/mol. The number of anilines is 1. The fraction of sp³-hybridized carbons (Fsp3) is 0.235. The van der Waals surface area contributed by atoms with Crippen LogP contribution in [0.1, 0.15) is 20.8 Å². The molecule has 3 heterocycles. The number of carbonyl (C=O) groups is 1. The number of carboxylic acid groups (broad SMARTS) is 1. The van der Waals surface area contributed by atoms with E-state index in [0.29, 0.717) is 21.9 Å². The largest absolute Gasteiger partial charge is 0.465 e. The van der Waals surface area contributed by atoms with Crippen molar-refractivity contribution in [3.8, 4) is 11.1 Å². The first-order chi connectivity index (χ1) is 11.3. The van der Waals surface area contributed by atoms with Gasteiger partial charge in [-0.1, -0.05) is 11.6 Å². The average Bonchev–Trinajstić information content (AvgIpc) is 2.88. The highest BCUT2D eigenvalue weighted by atomic mass is 35.5. The van der Waals surface area contributed by atoms with Gasteiger partial charge >= 0.3 is 6.09 Å². The van der Waals surface area contributed by atoms with Crippen molar-refractivity contribution >= 4 is 34.6 Å². The molecule has 0 fully saturated rings. The summed E-state index contributed by atoms with van der Waals surface area (Å²) < 4.78 is 5.50. The van der Waals surface area contributed by atoms with Crippen LogP contribution in [0.4, 0.5) is 10.6 Å². The lowest BCUT2D eigenvalue weighted by Crippen LogP contribution is -2.45. The van der Waals surface area contributed by atoms with E-state index in [-0.39, 0.29) is 0 Å². The van der Waals surface area contributed by atoms with Gasteiger partial charge in [-0.05, 0) is 38.5 Å². The van der Waals surface area contributed by atoms with Crippen molar-refractivity contribution in [2.24, 2.45) is 0 Å². The molecule has 0 atom stereocenters. The Balaban J connectivity index is 2.11. The minimum atomic E-state index is -1.06. The zero-order chi connectivity index (χ0) is 17.5. The summed E-state index contributed by atoms with van der Waals surface area (Å²) in [7, 11) is 0. The van der Waals surface area contributed by atoms with Gasteiger partial charge in [-0.25, -0.2) is 9.78 Å². The first kappa shape index (κ1) is 16.3. The van der Waals surface area contributed by atoms with Crippen LogP contribution in [0.25, 0.3) is 22.2 Å². The van der Waals surface area contributed by atoms with Crippen LogP contribution in [-0.2, 0) is 0 Å². The van der Waals surface area contributed by atoms with Gasteiger partial charge < -0.3 is 9.52 Å². The molecule has 0 bridgehead atoms. The summed E-state index contributed by atoms with van der Waals surface area (Å²) in [6, 6.07) is 5.18. The molecule has 0 aromatic carbocycles. The highest BCUT2D eigenvalue weighted by Gasteiger charge is 2.29. The van der Waals surface area contributed by atoms with E-state index in [1.807, 2.05) is 20.8 Å². The number of amides is 1. The number of hydrogen-bond donors (Lipinski definition) is 1. The van der Waals surface area contributed by atoms with Gasteiger partial charge in [0.15, 0.2) is 5.58 Å². The number of pyridine rings is 2. The number of nitrogens with zero attached hydrogens (tertiary/aromatic N) is 3. The van der Waals surface area contributed by atoms with Gasteiger partial charge in [0.1, 0.15) is 17.6 Å². The van der Waals surface area contributed by atoms with Crippen LogP contribution >= 0.6 is 11.6 Å². The van der Waals surface area contributed by atoms with Gasteiger partial charge in [0.2, 0.25) is 0 Å². The van der Waals surface area contributed by atoms with Gasteiger partial charge in [-0.15, -0.1) is 0 Å². The summed E-state index contributed by atoms with van der Waals surface area (Å²) in [5.41, 5.74) is 2.13. The summed E-state index contributed by atoms with van der Waals surface area (Å²) in [6.45, 7) is 5.44. The van der Waals surface area contributed by atoms with Gasteiger partial charge in [-0.2, -0.15) is 0 Å². The second-order valence-electron chi connectivity index (χ2n) is 6.34. The van der Waals surface area contributed by atoms with E-state index in [4.69, 9.17) is 16.0 Å². The van der Waals surface area contributed by atoms with E-state index in [9.17, 15) is 9.90 Å². The zero-order valence-electron chi connectivity index (χ0n) is 13.4. The Labute approximate surface area is 143 Å². The molecule has 0 aliphatic carbocycles. The van der Waals surface area contributed by atoms with Gasteiger partial charge in [-0.3, -0.25) is 9.88 Å². The predicted octanol–water partition coefficient (Wildman–Crippen LogP) is 4.83. The SMILES string of the molecule is CC(C)(C)N(C(=O)O)c1cc(-c2coc3cc(Cl)cnc23)ccn1. The number of fused-ring (bicyclic) bond motifs is 1. The molecule has 0 saturated carbocycles. The number of furan rings is 1. The summed E-state index contributed by atoms with van der Waals surface area (Å²) in [5, 5.41) is 10.0. The van der Waals surface area contributed by atoms with Crippen LogP contribution in [0.2, 0.25) is 5.02 Å². The third-order valence-electron chi connectivity index (χ3n) is 3.53. The summed E-state index contributed by atoms with van der Waals surface area (Å²) in [6.07, 6.45) is 3.63. The Hall–Kier alpha value is -2.60. The molecule has 24 heavy (non-hydrogen) atoms. The van der Waals surface area contributed by atoms with Crippen molar-refractivity contribution in [2.75, 3.05) is 4.90 Å². The minimum absolute atomic E-state index is 0.343. The molecule has 1 amide bonds. The first-order valence-corrected chi connectivity index (χ1v) is 7.67. The van der Waals surface area contributed by atoms with Gasteiger partial charge in [0, 0.05) is 29.6 Å². The number of hydrogen-bond acceptors (Lipinski definition) is 4. The summed E-state index contributed by atoms with van der Waals surface area (Å²) in [4.78, 5) is 21.4. The van der Waals surface area contributed by atoms with Gasteiger partial charge in [0.25, 0.3) is 0 Å². The first-order valence-electron chi connectivity index (χ1n) is 7.30.